The third-order valence-corrected chi connectivity index (χ3v) is 3.56. The quantitative estimate of drug-likeness (QED) is 0.456. The van der Waals surface area contributed by atoms with E-state index < -0.39 is 0 Å². The van der Waals surface area contributed by atoms with E-state index >= 15 is 0 Å². The topological polar surface area (TPSA) is 31.2 Å². The van der Waals surface area contributed by atoms with Gasteiger partial charge in [0.25, 0.3) is 0 Å². The van der Waals surface area contributed by atoms with Crippen molar-refractivity contribution in [2.24, 2.45) is 0 Å². The molecule has 3 nitrogen and oxygen atoms in total. The zero-order valence-corrected chi connectivity index (χ0v) is 14.5. The highest BCUT2D eigenvalue weighted by molar-refractivity contribution is 6.30. The minimum Gasteiger partial charge on any atom is -0.427 e. The molecule has 0 fully saturated rings. The second-order valence-electron chi connectivity index (χ2n) is 4.91. The monoisotopic (exact) mass is 329 g/mol. The summed E-state index contributed by atoms with van der Waals surface area (Å²) in [4.78, 5) is 11.1. The van der Waals surface area contributed by atoms with Crippen molar-refractivity contribution in [3.63, 3.8) is 0 Å². The molecule has 0 amide bonds. The Morgan fingerprint density at radius 2 is 1.70 bits per heavy atom. The van der Waals surface area contributed by atoms with Gasteiger partial charge in [-0.1, -0.05) is 25.4 Å². The highest BCUT2D eigenvalue weighted by Gasteiger charge is 2.09. The number of ether oxygens (including phenoxy) is 1. The van der Waals surface area contributed by atoms with Gasteiger partial charge in [-0.25, -0.2) is 0 Å². The first-order valence-corrected chi connectivity index (χ1v) is 7.99. The second-order valence-corrected chi connectivity index (χ2v) is 5.35. The molecule has 2 aromatic carbocycles. The lowest BCUT2D eigenvalue weighted by Gasteiger charge is -2.09. The van der Waals surface area contributed by atoms with Crippen LogP contribution >= 0.6 is 11.6 Å². The lowest BCUT2D eigenvalue weighted by atomic mass is 10.2. The summed E-state index contributed by atoms with van der Waals surface area (Å²) in [5.41, 5.74) is 3.12. The van der Waals surface area contributed by atoms with Gasteiger partial charge >= 0.3 is 5.97 Å². The Morgan fingerprint density at radius 1 is 1.04 bits per heavy atom. The minimum atomic E-state index is -0.323. The largest absolute Gasteiger partial charge is 0.427 e. The average Bonchev–Trinajstić information content (AvgIpc) is 2.85. The van der Waals surface area contributed by atoms with Gasteiger partial charge in [-0.15, -0.1) is 0 Å². The maximum Gasteiger partial charge on any atom is 0.308 e. The van der Waals surface area contributed by atoms with Crippen LogP contribution in [0, 0.1) is 6.92 Å². The molecule has 23 heavy (non-hydrogen) atoms. The number of halogens is 1. The number of fused-ring (bicyclic) bond motifs is 1. The Morgan fingerprint density at radius 3 is 2.30 bits per heavy atom. The molecule has 0 radical (unpaired) electrons. The number of esters is 1. The fraction of sp³-hybridized carbons (Fsp3) is 0.211. The van der Waals surface area contributed by atoms with Crippen molar-refractivity contribution in [3.05, 3.63) is 59.2 Å². The molecule has 3 rings (SSSR count). The molecule has 0 aliphatic carbocycles. The standard InChI is InChI=1S/C17H14ClNO2.C2H6/c1-11-9-13-3-8-16(21-12(2)20)10-17(13)19(11)15-6-4-14(18)5-7-15;1-2/h3-10H,1-2H3;1-2H3. The van der Waals surface area contributed by atoms with Crippen LogP contribution in [0.2, 0.25) is 5.02 Å². The van der Waals surface area contributed by atoms with E-state index in [0.717, 1.165) is 22.3 Å². The molecule has 0 saturated carbocycles. The molecule has 0 unspecified atom stereocenters. The SMILES string of the molecule is CC.CC(=O)Oc1ccc2cc(C)n(-c3ccc(Cl)cc3)c2c1. The highest BCUT2D eigenvalue weighted by Crippen LogP contribution is 2.28. The molecule has 0 aliphatic rings. The van der Waals surface area contributed by atoms with Gasteiger partial charge in [-0.3, -0.25) is 4.79 Å². The number of benzene rings is 2. The molecule has 0 bridgehead atoms. The van der Waals surface area contributed by atoms with Gasteiger partial charge in [0.15, 0.2) is 0 Å². The van der Waals surface area contributed by atoms with Crippen molar-refractivity contribution in [1.29, 1.82) is 0 Å². The van der Waals surface area contributed by atoms with Crippen molar-refractivity contribution in [2.45, 2.75) is 27.7 Å². The Balaban J connectivity index is 0.000000924. The number of aromatic nitrogens is 1. The summed E-state index contributed by atoms with van der Waals surface area (Å²) >= 11 is 5.95. The number of hydrogen-bond donors (Lipinski definition) is 0. The van der Waals surface area contributed by atoms with Gasteiger partial charge in [-0.2, -0.15) is 0 Å². The van der Waals surface area contributed by atoms with E-state index in [1.54, 1.807) is 6.07 Å². The fourth-order valence-electron chi connectivity index (χ4n) is 2.48. The number of carbonyl (C=O) groups is 1. The van der Waals surface area contributed by atoms with Gasteiger partial charge < -0.3 is 9.30 Å². The molecule has 0 spiro atoms. The number of carbonyl (C=O) groups excluding carboxylic acids is 1. The Bertz CT molecular complexity index is 819. The average molecular weight is 330 g/mol. The van der Waals surface area contributed by atoms with Crippen LogP contribution < -0.4 is 4.74 Å². The van der Waals surface area contributed by atoms with E-state index in [1.165, 1.54) is 6.92 Å². The van der Waals surface area contributed by atoms with Crippen LogP contribution in [0.3, 0.4) is 0 Å². The maximum absolute atomic E-state index is 11.1. The molecular weight excluding hydrogens is 310 g/mol. The van der Waals surface area contributed by atoms with Crippen LogP contribution in [0.5, 0.6) is 5.75 Å². The zero-order chi connectivity index (χ0) is 17.0. The molecule has 1 heterocycles. The van der Waals surface area contributed by atoms with Crippen molar-refractivity contribution >= 4 is 28.5 Å². The summed E-state index contributed by atoms with van der Waals surface area (Å²) in [6.07, 6.45) is 0. The summed E-state index contributed by atoms with van der Waals surface area (Å²) in [6, 6.07) is 15.4. The number of nitrogens with zero attached hydrogens (tertiary/aromatic N) is 1. The lowest BCUT2D eigenvalue weighted by Crippen LogP contribution is -2.01. The molecule has 120 valence electrons. The Labute approximate surface area is 141 Å². The summed E-state index contributed by atoms with van der Waals surface area (Å²) in [5, 5.41) is 1.80. The second kappa shape index (κ2) is 7.34. The van der Waals surface area contributed by atoms with Crippen molar-refractivity contribution in [1.82, 2.24) is 4.57 Å². The third-order valence-electron chi connectivity index (χ3n) is 3.31. The van der Waals surface area contributed by atoms with Gasteiger partial charge in [-0.05, 0) is 49.4 Å². The fourth-order valence-corrected chi connectivity index (χ4v) is 2.61. The van der Waals surface area contributed by atoms with Crippen LogP contribution in [0.4, 0.5) is 0 Å². The number of rotatable bonds is 2. The minimum absolute atomic E-state index is 0.323. The zero-order valence-electron chi connectivity index (χ0n) is 13.8. The van der Waals surface area contributed by atoms with E-state index in [1.807, 2.05) is 57.2 Å². The van der Waals surface area contributed by atoms with E-state index in [9.17, 15) is 4.79 Å². The lowest BCUT2D eigenvalue weighted by molar-refractivity contribution is -0.131. The van der Waals surface area contributed by atoms with Crippen molar-refractivity contribution < 1.29 is 9.53 Å². The molecule has 3 aromatic rings. The van der Waals surface area contributed by atoms with Crippen molar-refractivity contribution in [2.75, 3.05) is 0 Å². The first kappa shape index (κ1) is 17.1. The molecule has 1 aromatic heterocycles. The van der Waals surface area contributed by atoms with Gasteiger partial charge in [0.05, 0.1) is 5.52 Å². The van der Waals surface area contributed by atoms with Crippen LogP contribution in [0.15, 0.2) is 48.5 Å². The van der Waals surface area contributed by atoms with Crippen LogP contribution in [0.1, 0.15) is 26.5 Å². The van der Waals surface area contributed by atoms with Gasteiger partial charge in [0, 0.05) is 34.8 Å². The van der Waals surface area contributed by atoms with E-state index in [-0.39, 0.29) is 5.97 Å². The van der Waals surface area contributed by atoms with Gasteiger partial charge in [0.1, 0.15) is 5.75 Å². The molecule has 0 aliphatic heterocycles. The molecule has 0 saturated heterocycles. The van der Waals surface area contributed by atoms with E-state index in [4.69, 9.17) is 16.3 Å². The highest BCUT2D eigenvalue weighted by atomic mass is 35.5. The molecular formula is C19H20ClNO2. The van der Waals surface area contributed by atoms with Crippen molar-refractivity contribution in [3.8, 4) is 11.4 Å². The molecule has 0 N–H and O–H groups in total. The van der Waals surface area contributed by atoms with Crippen LogP contribution in [-0.4, -0.2) is 10.5 Å². The number of aryl methyl sites for hydroxylation is 1. The molecule has 0 atom stereocenters. The smallest absolute Gasteiger partial charge is 0.308 e. The van der Waals surface area contributed by atoms with Crippen LogP contribution in [-0.2, 0) is 4.79 Å². The summed E-state index contributed by atoms with van der Waals surface area (Å²) in [7, 11) is 0. The number of hydrogen-bond acceptors (Lipinski definition) is 2. The first-order valence-electron chi connectivity index (χ1n) is 7.61. The van der Waals surface area contributed by atoms with E-state index in [0.29, 0.717) is 10.8 Å². The summed E-state index contributed by atoms with van der Waals surface area (Å²) in [6.45, 7) is 7.44. The predicted octanol–water partition coefficient (Wildman–Crippen LogP) is 5.54. The first-order chi connectivity index (χ1) is 11.0. The van der Waals surface area contributed by atoms with E-state index in [2.05, 4.69) is 10.6 Å². The Hall–Kier alpha value is -2.26. The van der Waals surface area contributed by atoms with Gasteiger partial charge in [0.2, 0.25) is 0 Å². The normalized spacial score (nSPS) is 10.1. The predicted molar refractivity (Wildman–Crippen MR) is 95.7 cm³/mol. The summed E-state index contributed by atoms with van der Waals surface area (Å²) in [5.74, 6) is 0.221. The maximum atomic E-state index is 11.1. The molecule has 4 heteroatoms. The summed E-state index contributed by atoms with van der Waals surface area (Å²) < 4.78 is 7.28. The van der Waals surface area contributed by atoms with Crippen LogP contribution in [0.25, 0.3) is 16.6 Å². The third kappa shape index (κ3) is 3.74. The Kier molecular flexibility index (Phi) is 5.45.